The van der Waals surface area contributed by atoms with Gasteiger partial charge in [-0.05, 0) is 43.7 Å². The molecule has 1 aliphatic heterocycles. The molecule has 0 bridgehead atoms. The lowest BCUT2D eigenvalue weighted by atomic mass is 9.61. The predicted molar refractivity (Wildman–Crippen MR) is 73.9 cm³/mol. The molecule has 0 aromatic heterocycles. The standard InChI is InChI=1S/C16H21NO/c1-8-6-9(2)13(10(3)7-8)15-14-11(4)12(5)16(14)18-17-15/h6-7,11-12,14,16H,1-5H3/t11-,12+,14+,16+/m0/s1. The second-order valence-electron chi connectivity index (χ2n) is 6.06. The van der Waals surface area contributed by atoms with Crippen LogP contribution in [-0.2, 0) is 4.84 Å². The number of aryl methyl sites for hydroxylation is 3. The summed E-state index contributed by atoms with van der Waals surface area (Å²) in [6, 6.07) is 4.48. The van der Waals surface area contributed by atoms with Crippen LogP contribution in [0.3, 0.4) is 0 Å². The molecular weight excluding hydrogens is 222 g/mol. The third-order valence-corrected chi connectivity index (χ3v) is 4.79. The number of hydrogen-bond donors (Lipinski definition) is 0. The lowest BCUT2D eigenvalue weighted by Gasteiger charge is -2.43. The van der Waals surface area contributed by atoms with Gasteiger partial charge in [-0.1, -0.05) is 36.7 Å². The van der Waals surface area contributed by atoms with Crippen LogP contribution in [0.1, 0.15) is 36.1 Å². The summed E-state index contributed by atoms with van der Waals surface area (Å²) in [7, 11) is 0. The van der Waals surface area contributed by atoms with Gasteiger partial charge in [-0.25, -0.2) is 0 Å². The van der Waals surface area contributed by atoms with E-state index in [1.165, 1.54) is 28.0 Å². The third-order valence-electron chi connectivity index (χ3n) is 4.79. The van der Waals surface area contributed by atoms with Crippen molar-refractivity contribution in [2.45, 2.75) is 40.7 Å². The minimum Gasteiger partial charge on any atom is -0.391 e. The Morgan fingerprint density at radius 2 is 1.61 bits per heavy atom. The van der Waals surface area contributed by atoms with Crippen LogP contribution in [0.15, 0.2) is 17.3 Å². The van der Waals surface area contributed by atoms with Crippen molar-refractivity contribution < 1.29 is 4.84 Å². The molecule has 1 fully saturated rings. The van der Waals surface area contributed by atoms with E-state index in [-0.39, 0.29) is 0 Å². The first-order valence-corrected chi connectivity index (χ1v) is 6.82. The number of nitrogens with zero attached hydrogens (tertiary/aromatic N) is 1. The molecule has 96 valence electrons. The van der Waals surface area contributed by atoms with Crippen LogP contribution < -0.4 is 0 Å². The van der Waals surface area contributed by atoms with Crippen molar-refractivity contribution in [2.75, 3.05) is 0 Å². The Kier molecular flexibility index (Phi) is 2.51. The van der Waals surface area contributed by atoms with Crippen LogP contribution in [0.2, 0.25) is 0 Å². The first-order chi connectivity index (χ1) is 8.50. The number of benzene rings is 1. The second-order valence-corrected chi connectivity index (χ2v) is 6.06. The molecule has 0 unspecified atom stereocenters. The molecule has 0 radical (unpaired) electrons. The van der Waals surface area contributed by atoms with Crippen LogP contribution >= 0.6 is 0 Å². The fraction of sp³-hybridized carbons (Fsp3) is 0.562. The molecule has 2 aliphatic rings. The molecule has 18 heavy (non-hydrogen) atoms. The zero-order chi connectivity index (χ0) is 13.0. The molecule has 1 aromatic carbocycles. The fourth-order valence-corrected chi connectivity index (χ4v) is 3.65. The van der Waals surface area contributed by atoms with Gasteiger partial charge in [0.25, 0.3) is 0 Å². The fourth-order valence-electron chi connectivity index (χ4n) is 3.65. The monoisotopic (exact) mass is 243 g/mol. The number of oxime groups is 1. The summed E-state index contributed by atoms with van der Waals surface area (Å²) in [4.78, 5) is 5.63. The van der Waals surface area contributed by atoms with Gasteiger partial charge in [-0.2, -0.15) is 0 Å². The summed E-state index contributed by atoms with van der Waals surface area (Å²) < 4.78 is 0. The predicted octanol–water partition coefficient (Wildman–Crippen LogP) is 3.62. The Morgan fingerprint density at radius 1 is 1.00 bits per heavy atom. The van der Waals surface area contributed by atoms with E-state index in [0.717, 1.165) is 0 Å². The number of rotatable bonds is 1. The first kappa shape index (κ1) is 11.8. The smallest absolute Gasteiger partial charge is 0.139 e. The van der Waals surface area contributed by atoms with E-state index < -0.39 is 0 Å². The largest absolute Gasteiger partial charge is 0.391 e. The summed E-state index contributed by atoms with van der Waals surface area (Å²) in [6.45, 7) is 11.1. The summed E-state index contributed by atoms with van der Waals surface area (Å²) >= 11 is 0. The van der Waals surface area contributed by atoms with E-state index in [4.69, 9.17) is 4.84 Å². The Hall–Kier alpha value is -1.31. The van der Waals surface area contributed by atoms with Gasteiger partial charge in [0.1, 0.15) is 6.10 Å². The van der Waals surface area contributed by atoms with Crippen LogP contribution in [0.25, 0.3) is 0 Å². The van der Waals surface area contributed by atoms with Crippen molar-refractivity contribution in [2.24, 2.45) is 22.9 Å². The van der Waals surface area contributed by atoms with E-state index >= 15 is 0 Å². The van der Waals surface area contributed by atoms with Gasteiger partial charge in [-0.3, -0.25) is 0 Å². The molecule has 1 aromatic rings. The molecule has 2 nitrogen and oxygen atoms in total. The van der Waals surface area contributed by atoms with Crippen molar-refractivity contribution >= 4 is 5.71 Å². The summed E-state index contributed by atoms with van der Waals surface area (Å²) in [5.74, 6) is 1.80. The SMILES string of the molecule is Cc1cc(C)c(C2=NO[C@@H]3[C@H](C)[C@H](C)[C@H]23)c(C)c1. The maximum Gasteiger partial charge on any atom is 0.139 e. The van der Waals surface area contributed by atoms with Gasteiger partial charge in [0, 0.05) is 11.5 Å². The summed E-state index contributed by atoms with van der Waals surface area (Å²) in [6.07, 6.45) is 0.315. The molecule has 0 spiro atoms. The highest BCUT2D eigenvalue weighted by molar-refractivity contribution is 6.06. The second kappa shape index (κ2) is 3.84. The Bertz CT molecular complexity index is 509. The molecule has 1 heterocycles. The van der Waals surface area contributed by atoms with E-state index in [0.29, 0.717) is 23.9 Å². The average Bonchev–Trinajstić information content (AvgIpc) is 2.67. The van der Waals surface area contributed by atoms with E-state index in [9.17, 15) is 0 Å². The van der Waals surface area contributed by atoms with E-state index in [1.807, 2.05) is 0 Å². The van der Waals surface area contributed by atoms with Crippen LogP contribution in [0.5, 0.6) is 0 Å². The third kappa shape index (κ3) is 1.44. The Labute approximate surface area is 109 Å². The molecule has 4 atom stereocenters. The average molecular weight is 243 g/mol. The topological polar surface area (TPSA) is 21.6 Å². The molecule has 0 saturated heterocycles. The molecule has 1 aliphatic carbocycles. The van der Waals surface area contributed by atoms with Crippen molar-refractivity contribution in [3.63, 3.8) is 0 Å². The van der Waals surface area contributed by atoms with Crippen molar-refractivity contribution in [3.05, 3.63) is 34.4 Å². The highest BCUT2D eigenvalue weighted by Crippen LogP contribution is 2.48. The van der Waals surface area contributed by atoms with Gasteiger partial charge in [0.15, 0.2) is 0 Å². The van der Waals surface area contributed by atoms with Crippen molar-refractivity contribution in [3.8, 4) is 0 Å². The van der Waals surface area contributed by atoms with Crippen LogP contribution in [0.4, 0.5) is 0 Å². The number of hydrogen-bond acceptors (Lipinski definition) is 2. The van der Waals surface area contributed by atoms with Crippen molar-refractivity contribution in [1.29, 1.82) is 0 Å². The highest BCUT2D eigenvalue weighted by atomic mass is 16.6. The van der Waals surface area contributed by atoms with Gasteiger partial charge < -0.3 is 4.84 Å². The van der Waals surface area contributed by atoms with Gasteiger partial charge in [0.2, 0.25) is 0 Å². The minimum absolute atomic E-state index is 0.315. The normalized spacial score (nSPS) is 33.5. The minimum atomic E-state index is 0.315. The molecular formula is C16H21NO. The van der Waals surface area contributed by atoms with E-state index in [2.05, 4.69) is 51.9 Å². The summed E-state index contributed by atoms with van der Waals surface area (Å²) in [5, 5.41) is 4.40. The lowest BCUT2D eigenvalue weighted by molar-refractivity contribution is -0.0758. The zero-order valence-corrected chi connectivity index (χ0v) is 11.8. The molecule has 0 N–H and O–H groups in total. The molecule has 3 rings (SSSR count). The van der Waals surface area contributed by atoms with Gasteiger partial charge in [-0.15, -0.1) is 0 Å². The van der Waals surface area contributed by atoms with Gasteiger partial charge >= 0.3 is 0 Å². The Morgan fingerprint density at radius 3 is 2.22 bits per heavy atom. The maximum absolute atomic E-state index is 5.63. The van der Waals surface area contributed by atoms with Crippen LogP contribution in [-0.4, -0.2) is 11.8 Å². The molecule has 2 heteroatoms. The summed E-state index contributed by atoms with van der Waals surface area (Å²) in [5.41, 5.74) is 6.46. The highest BCUT2D eigenvalue weighted by Gasteiger charge is 2.53. The molecule has 1 saturated carbocycles. The van der Waals surface area contributed by atoms with E-state index in [1.54, 1.807) is 0 Å². The molecule has 0 amide bonds. The lowest BCUT2D eigenvalue weighted by Crippen LogP contribution is -2.50. The van der Waals surface area contributed by atoms with Crippen LogP contribution in [0, 0.1) is 38.5 Å². The quantitative estimate of drug-likeness (QED) is 0.738. The zero-order valence-electron chi connectivity index (χ0n) is 11.8. The first-order valence-electron chi connectivity index (χ1n) is 6.82. The number of fused-ring (bicyclic) bond motifs is 1. The Balaban J connectivity index is 2.03. The van der Waals surface area contributed by atoms with Gasteiger partial charge in [0.05, 0.1) is 5.71 Å². The van der Waals surface area contributed by atoms with Crippen molar-refractivity contribution in [1.82, 2.24) is 0 Å². The maximum atomic E-state index is 5.63.